The number of carbonyl (C=O) groups excluding carboxylic acids is 1. The van der Waals surface area contributed by atoms with E-state index < -0.39 is 0 Å². The zero-order chi connectivity index (χ0) is 13.5. The Bertz CT molecular complexity index is 528. The van der Waals surface area contributed by atoms with Crippen LogP contribution in [0.15, 0.2) is 35.4 Å². The molecule has 4 nitrogen and oxygen atoms in total. The van der Waals surface area contributed by atoms with Crippen molar-refractivity contribution in [1.29, 1.82) is 0 Å². The Morgan fingerprint density at radius 3 is 2.89 bits per heavy atom. The van der Waals surface area contributed by atoms with Gasteiger partial charge in [-0.15, -0.1) is 16.9 Å². The van der Waals surface area contributed by atoms with Gasteiger partial charge in [0.05, 0.1) is 17.9 Å². The molecule has 0 atom stereocenters. The van der Waals surface area contributed by atoms with Gasteiger partial charge in [-0.05, 0) is 24.0 Å². The van der Waals surface area contributed by atoms with Crippen molar-refractivity contribution in [3.63, 3.8) is 0 Å². The molecular formula is C13H14N2O2S2. The van der Waals surface area contributed by atoms with Gasteiger partial charge in [-0.3, -0.25) is 4.79 Å². The molecule has 0 amide bonds. The van der Waals surface area contributed by atoms with Crippen LogP contribution in [0.1, 0.15) is 13.3 Å². The van der Waals surface area contributed by atoms with Crippen molar-refractivity contribution in [2.75, 3.05) is 12.4 Å². The van der Waals surface area contributed by atoms with Crippen LogP contribution in [0.5, 0.6) is 0 Å². The summed E-state index contributed by atoms with van der Waals surface area (Å²) in [5.41, 5.74) is 1.11. The van der Waals surface area contributed by atoms with E-state index in [1.165, 1.54) is 23.3 Å². The molecule has 0 unspecified atom stereocenters. The standard InChI is InChI=1S/C13H14N2O2S2/c1-2-17-11(16)8-9-18-13-12(19-15-14-13)10-6-4-3-5-7-10/h3-7H,2,8-9H2,1H3. The summed E-state index contributed by atoms with van der Waals surface area (Å²) in [6.07, 6.45) is 0.393. The maximum absolute atomic E-state index is 11.3. The molecule has 0 fully saturated rings. The Morgan fingerprint density at radius 1 is 1.37 bits per heavy atom. The number of ether oxygens (including phenoxy) is 1. The molecule has 0 aliphatic carbocycles. The third-order valence-electron chi connectivity index (χ3n) is 2.34. The van der Waals surface area contributed by atoms with Crippen LogP contribution < -0.4 is 0 Å². The molecule has 0 saturated heterocycles. The second kappa shape index (κ2) is 7.25. The Hall–Kier alpha value is -1.40. The zero-order valence-corrected chi connectivity index (χ0v) is 12.2. The van der Waals surface area contributed by atoms with E-state index >= 15 is 0 Å². The molecule has 0 spiro atoms. The van der Waals surface area contributed by atoms with E-state index in [1.54, 1.807) is 0 Å². The Balaban J connectivity index is 1.95. The van der Waals surface area contributed by atoms with E-state index in [2.05, 4.69) is 9.59 Å². The first-order valence-corrected chi connectivity index (χ1v) is 7.73. The number of esters is 1. The summed E-state index contributed by atoms with van der Waals surface area (Å²) in [6.45, 7) is 2.24. The lowest BCUT2D eigenvalue weighted by Gasteiger charge is -2.02. The number of benzene rings is 1. The predicted octanol–water partition coefficient (Wildman–Crippen LogP) is 3.25. The SMILES string of the molecule is CCOC(=O)CCSc1nnsc1-c1ccccc1. The molecule has 2 aromatic rings. The molecule has 0 aliphatic rings. The van der Waals surface area contributed by atoms with Gasteiger partial charge in [-0.1, -0.05) is 34.8 Å². The monoisotopic (exact) mass is 294 g/mol. The van der Waals surface area contributed by atoms with Gasteiger partial charge in [-0.2, -0.15) is 0 Å². The molecule has 100 valence electrons. The molecule has 1 aromatic carbocycles. The molecule has 6 heteroatoms. The highest BCUT2D eigenvalue weighted by Crippen LogP contribution is 2.32. The van der Waals surface area contributed by atoms with Gasteiger partial charge < -0.3 is 4.74 Å². The first kappa shape index (κ1) is 14.0. The van der Waals surface area contributed by atoms with Crippen molar-refractivity contribution in [3.8, 4) is 10.4 Å². The molecular weight excluding hydrogens is 280 g/mol. The largest absolute Gasteiger partial charge is 0.466 e. The maximum Gasteiger partial charge on any atom is 0.306 e. The Labute approximate surface area is 120 Å². The second-order valence-corrected chi connectivity index (χ2v) is 5.51. The van der Waals surface area contributed by atoms with Crippen LogP contribution in [-0.4, -0.2) is 27.9 Å². The first-order valence-electron chi connectivity index (χ1n) is 5.97. The van der Waals surface area contributed by atoms with Crippen LogP contribution in [0.2, 0.25) is 0 Å². The summed E-state index contributed by atoms with van der Waals surface area (Å²) in [6, 6.07) is 10.0. The molecule has 19 heavy (non-hydrogen) atoms. The highest BCUT2D eigenvalue weighted by molar-refractivity contribution is 7.99. The van der Waals surface area contributed by atoms with Crippen molar-refractivity contribution in [1.82, 2.24) is 9.59 Å². The van der Waals surface area contributed by atoms with E-state index in [-0.39, 0.29) is 5.97 Å². The summed E-state index contributed by atoms with van der Waals surface area (Å²) in [5.74, 6) is 0.490. The second-order valence-electron chi connectivity index (χ2n) is 3.68. The lowest BCUT2D eigenvalue weighted by Crippen LogP contribution is -2.04. The van der Waals surface area contributed by atoms with E-state index in [4.69, 9.17) is 4.74 Å². The topological polar surface area (TPSA) is 52.1 Å². The van der Waals surface area contributed by atoms with Crippen LogP contribution in [0.25, 0.3) is 10.4 Å². The molecule has 1 heterocycles. The highest BCUT2D eigenvalue weighted by atomic mass is 32.2. The minimum atomic E-state index is -0.167. The van der Waals surface area contributed by atoms with Gasteiger partial charge in [-0.25, -0.2) is 0 Å². The van der Waals surface area contributed by atoms with Crippen molar-refractivity contribution >= 4 is 29.3 Å². The molecule has 0 aliphatic heterocycles. The Kier molecular flexibility index (Phi) is 5.35. The smallest absolute Gasteiger partial charge is 0.306 e. The molecule has 0 radical (unpaired) electrons. The lowest BCUT2D eigenvalue weighted by atomic mass is 10.2. The summed E-state index contributed by atoms with van der Waals surface area (Å²) in [7, 11) is 0. The van der Waals surface area contributed by atoms with E-state index in [0.29, 0.717) is 18.8 Å². The van der Waals surface area contributed by atoms with E-state index in [9.17, 15) is 4.79 Å². The number of rotatable bonds is 6. The fourth-order valence-electron chi connectivity index (χ4n) is 1.51. The van der Waals surface area contributed by atoms with Crippen LogP contribution in [0.3, 0.4) is 0 Å². The van der Waals surface area contributed by atoms with E-state index in [0.717, 1.165) is 15.5 Å². The third-order valence-corrected chi connectivity index (χ3v) is 4.22. The van der Waals surface area contributed by atoms with Gasteiger partial charge in [0.1, 0.15) is 5.03 Å². The fourth-order valence-corrected chi connectivity index (χ4v) is 3.22. The van der Waals surface area contributed by atoms with Crippen molar-refractivity contribution in [2.45, 2.75) is 18.4 Å². The maximum atomic E-state index is 11.3. The zero-order valence-electron chi connectivity index (χ0n) is 10.5. The number of hydrogen-bond donors (Lipinski definition) is 0. The van der Waals surface area contributed by atoms with Crippen molar-refractivity contribution in [3.05, 3.63) is 30.3 Å². The predicted molar refractivity (Wildman–Crippen MR) is 77.3 cm³/mol. The van der Waals surface area contributed by atoms with Crippen LogP contribution in [0, 0.1) is 0 Å². The van der Waals surface area contributed by atoms with Gasteiger partial charge in [0.25, 0.3) is 0 Å². The fraction of sp³-hybridized carbons (Fsp3) is 0.308. The average Bonchev–Trinajstić information content (AvgIpc) is 2.88. The van der Waals surface area contributed by atoms with Crippen molar-refractivity contribution < 1.29 is 9.53 Å². The molecule has 0 saturated carbocycles. The summed E-state index contributed by atoms with van der Waals surface area (Å²) in [5, 5.41) is 4.99. The van der Waals surface area contributed by atoms with Gasteiger partial charge in [0, 0.05) is 5.75 Å². The normalized spacial score (nSPS) is 10.4. The van der Waals surface area contributed by atoms with Gasteiger partial charge in [0.2, 0.25) is 0 Å². The number of aromatic nitrogens is 2. The molecule has 2 rings (SSSR count). The number of carbonyl (C=O) groups is 1. The van der Waals surface area contributed by atoms with Crippen LogP contribution >= 0.6 is 23.3 Å². The quantitative estimate of drug-likeness (QED) is 0.604. The summed E-state index contributed by atoms with van der Waals surface area (Å²) in [4.78, 5) is 12.3. The number of hydrogen-bond acceptors (Lipinski definition) is 6. The van der Waals surface area contributed by atoms with Crippen molar-refractivity contribution in [2.24, 2.45) is 0 Å². The number of thioether (sulfide) groups is 1. The average molecular weight is 294 g/mol. The van der Waals surface area contributed by atoms with Gasteiger partial charge >= 0.3 is 5.97 Å². The summed E-state index contributed by atoms with van der Waals surface area (Å²) < 4.78 is 8.88. The Morgan fingerprint density at radius 2 is 2.16 bits per heavy atom. The molecule has 0 bridgehead atoms. The minimum absolute atomic E-state index is 0.167. The van der Waals surface area contributed by atoms with E-state index in [1.807, 2.05) is 37.3 Å². The van der Waals surface area contributed by atoms with Crippen LogP contribution in [-0.2, 0) is 9.53 Å². The lowest BCUT2D eigenvalue weighted by molar-refractivity contribution is -0.142. The minimum Gasteiger partial charge on any atom is -0.466 e. The van der Waals surface area contributed by atoms with Gasteiger partial charge in [0.15, 0.2) is 0 Å². The third kappa shape index (κ3) is 4.04. The molecule has 0 N–H and O–H groups in total. The summed E-state index contributed by atoms with van der Waals surface area (Å²) >= 11 is 2.91. The van der Waals surface area contributed by atoms with Crippen LogP contribution in [0.4, 0.5) is 0 Å². The first-order chi connectivity index (χ1) is 9.31. The number of nitrogens with zero attached hydrogens (tertiary/aromatic N) is 2. The molecule has 1 aromatic heterocycles. The highest BCUT2D eigenvalue weighted by Gasteiger charge is 2.11.